The molecule has 6 nitrogen and oxygen atoms in total. The number of nitrogens with one attached hydrogen (secondary N) is 1. The maximum absolute atomic E-state index is 12.0. The summed E-state index contributed by atoms with van der Waals surface area (Å²) < 4.78 is 26.6. The molecule has 0 saturated heterocycles. The van der Waals surface area contributed by atoms with Gasteiger partial charge in [0.05, 0.1) is 11.7 Å². The van der Waals surface area contributed by atoms with Gasteiger partial charge in [0.15, 0.2) is 0 Å². The summed E-state index contributed by atoms with van der Waals surface area (Å²) in [4.78, 5) is 10.7. The smallest absolute Gasteiger partial charge is 0.306 e. The standard InChI is InChI=1S/C13H18N2O4S/c14-7-9-3-1-2-4-10(9)8-20(18,19)15-12-5-11(6-12)13(16)17/h1-4,11-12,15H,5-8,14H2,(H,16,17). The van der Waals surface area contributed by atoms with E-state index in [-0.39, 0.29) is 18.3 Å². The zero-order valence-corrected chi connectivity index (χ0v) is 11.8. The number of carbonyl (C=O) groups is 1. The highest BCUT2D eigenvalue weighted by Gasteiger charge is 2.36. The van der Waals surface area contributed by atoms with Crippen molar-refractivity contribution in [1.29, 1.82) is 0 Å². The largest absolute Gasteiger partial charge is 0.481 e. The van der Waals surface area contributed by atoms with Gasteiger partial charge in [-0.3, -0.25) is 4.79 Å². The number of carboxylic acids is 1. The molecule has 0 atom stereocenters. The van der Waals surface area contributed by atoms with Crippen LogP contribution in [0.25, 0.3) is 0 Å². The number of hydrogen-bond acceptors (Lipinski definition) is 4. The number of carboxylic acid groups (broad SMARTS) is 1. The lowest BCUT2D eigenvalue weighted by molar-refractivity contribution is -0.145. The van der Waals surface area contributed by atoms with Crippen molar-refractivity contribution in [3.05, 3.63) is 35.4 Å². The molecule has 0 radical (unpaired) electrons. The second kappa shape index (κ2) is 5.90. The monoisotopic (exact) mass is 298 g/mol. The van der Waals surface area contributed by atoms with Gasteiger partial charge in [0.25, 0.3) is 0 Å². The zero-order chi connectivity index (χ0) is 14.8. The van der Waals surface area contributed by atoms with E-state index in [1.54, 1.807) is 18.2 Å². The summed E-state index contributed by atoms with van der Waals surface area (Å²) >= 11 is 0. The normalized spacial score (nSPS) is 22.2. The van der Waals surface area contributed by atoms with Crippen LogP contribution in [-0.4, -0.2) is 25.5 Å². The number of sulfonamides is 1. The van der Waals surface area contributed by atoms with E-state index >= 15 is 0 Å². The molecule has 2 rings (SSSR count). The van der Waals surface area contributed by atoms with Gasteiger partial charge >= 0.3 is 5.97 Å². The minimum atomic E-state index is -3.47. The van der Waals surface area contributed by atoms with Crippen LogP contribution in [0, 0.1) is 5.92 Å². The molecule has 0 spiro atoms. The van der Waals surface area contributed by atoms with Crippen LogP contribution < -0.4 is 10.5 Å². The predicted molar refractivity (Wildman–Crippen MR) is 74.2 cm³/mol. The molecular weight excluding hydrogens is 280 g/mol. The van der Waals surface area contributed by atoms with Gasteiger partial charge in [0.1, 0.15) is 0 Å². The maximum Gasteiger partial charge on any atom is 0.306 e. The highest BCUT2D eigenvalue weighted by molar-refractivity contribution is 7.88. The summed E-state index contributed by atoms with van der Waals surface area (Å²) in [5.41, 5.74) is 7.06. The molecular formula is C13H18N2O4S. The molecule has 1 aromatic rings. The molecule has 110 valence electrons. The van der Waals surface area contributed by atoms with Crippen molar-refractivity contribution < 1.29 is 18.3 Å². The fourth-order valence-electron chi connectivity index (χ4n) is 2.31. The fraction of sp³-hybridized carbons (Fsp3) is 0.462. The van der Waals surface area contributed by atoms with Gasteiger partial charge in [0, 0.05) is 12.6 Å². The van der Waals surface area contributed by atoms with E-state index in [1.165, 1.54) is 0 Å². The highest BCUT2D eigenvalue weighted by Crippen LogP contribution is 2.28. The van der Waals surface area contributed by atoms with E-state index in [9.17, 15) is 13.2 Å². The quantitative estimate of drug-likeness (QED) is 0.705. The molecule has 20 heavy (non-hydrogen) atoms. The third-order valence-electron chi connectivity index (χ3n) is 3.52. The molecule has 0 heterocycles. The van der Waals surface area contributed by atoms with E-state index in [2.05, 4.69) is 4.72 Å². The number of rotatable bonds is 6. The summed E-state index contributed by atoms with van der Waals surface area (Å²) in [6, 6.07) is 6.85. The third kappa shape index (κ3) is 3.56. The molecule has 1 aromatic carbocycles. The summed E-state index contributed by atoms with van der Waals surface area (Å²) in [7, 11) is -3.47. The van der Waals surface area contributed by atoms with Gasteiger partial charge in [-0.1, -0.05) is 24.3 Å². The van der Waals surface area contributed by atoms with E-state index < -0.39 is 21.9 Å². The Morgan fingerprint density at radius 1 is 1.30 bits per heavy atom. The minimum absolute atomic E-state index is 0.130. The number of benzene rings is 1. The lowest BCUT2D eigenvalue weighted by atomic mass is 9.81. The highest BCUT2D eigenvalue weighted by atomic mass is 32.2. The molecule has 1 saturated carbocycles. The Morgan fingerprint density at radius 2 is 1.90 bits per heavy atom. The van der Waals surface area contributed by atoms with Crippen molar-refractivity contribution in [2.24, 2.45) is 11.7 Å². The van der Waals surface area contributed by atoms with Crippen molar-refractivity contribution in [3.63, 3.8) is 0 Å². The lowest BCUT2D eigenvalue weighted by Gasteiger charge is -2.32. The molecule has 4 N–H and O–H groups in total. The number of nitrogens with two attached hydrogens (primary N) is 1. The Balaban J connectivity index is 1.97. The van der Waals surface area contributed by atoms with Crippen molar-refractivity contribution in [2.45, 2.75) is 31.2 Å². The first-order valence-electron chi connectivity index (χ1n) is 6.41. The van der Waals surface area contributed by atoms with Crippen LogP contribution in [0.4, 0.5) is 0 Å². The van der Waals surface area contributed by atoms with Gasteiger partial charge in [-0.15, -0.1) is 0 Å². The summed E-state index contributed by atoms with van der Waals surface area (Å²) in [6.07, 6.45) is 0.709. The molecule has 7 heteroatoms. The average Bonchev–Trinajstić information content (AvgIpc) is 2.33. The number of hydrogen-bond donors (Lipinski definition) is 3. The van der Waals surface area contributed by atoms with Crippen molar-refractivity contribution in [3.8, 4) is 0 Å². The predicted octanol–water partition coefficient (Wildman–Crippen LogP) is 0.428. The van der Waals surface area contributed by atoms with Crippen LogP contribution in [0.3, 0.4) is 0 Å². The summed E-state index contributed by atoms with van der Waals surface area (Å²) in [6.45, 7) is 0.288. The summed E-state index contributed by atoms with van der Waals surface area (Å²) in [5, 5.41) is 8.76. The van der Waals surface area contributed by atoms with E-state index in [0.717, 1.165) is 5.56 Å². The van der Waals surface area contributed by atoms with E-state index in [0.29, 0.717) is 18.4 Å². The van der Waals surface area contributed by atoms with Gasteiger partial charge in [-0.2, -0.15) is 0 Å². The second-order valence-corrected chi connectivity index (χ2v) is 6.81. The lowest BCUT2D eigenvalue weighted by Crippen LogP contribution is -2.46. The SMILES string of the molecule is NCc1ccccc1CS(=O)(=O)NC1CC(C(=O)O)C1. The van der Waals surface area contributed by atoms with E-state index in [1.807, 2.05) is 6.07 Å². The van der Waals surface area contributed by atoms with Gasteiger partial charge < -0.3 is 10.8 Å². The van der Waals surface area contributed by atoms with Crippen LogP contribution in [0.5, 0.6) is 0 Å². The van der Waals surface area contributed by atoms with Gasteiger partial charge in [0.2, 0.25) is 10.0 Å². The average molecular weight is 298 g/mol. The van der Waals surface area contributed by atoms with Crippen LogP contribution in [0.1, 0.15) is 24.0 Å². The molecule has 0 aliphatic heterocycles. The van der Waals surface area contributed by atoms with Gasteiger partial charge in [-0.05, 0) is 24.0 Å². The van der Waals surface area contributed by atoms with Crippen molar-refractivity contribution in [1.82, 2.24) is 4.72 Å². The van der Waals surface area contributed by atoms with Crippen molar-refractivity contribution in [2.75, 3.05) is 0 Å². The second-order valence-electron chi connectivity index (χ2n) is 5.05. The first-order chi connectivity index (χ1) is 9.41. The molecule has 1 aliphatic rings. The molecule has 0 bridgehead atoms. The Kier molecular flexibility index (Phi) is 4.42. The molecule has 0 aromatic heterocycles. The van der Waals surface area contributed by atoms with Crippen LogP contribution in [-0.2, 0) is 27.1 Å². The topological polar surface area (TPSA) is 109 Å². The third-order valence-corrected chi connectivity index (χ3v) is 4.90. The Morgan fingerprint density at radius 3 is 2.45 bits per heavy atom. The Labute approximate surface area is 118 Å². The Bertz CT molecular complexity index is 594. The van der Waals surface area contributed by atoms with Gasteiger partial charge in [-0.25, -0.2) is 13.1 Å². The minimum Gasteiger partial charge on any atom is -0.481 e. The van der Waals surface area contributed by atoms with Crippen LogP contribution in [0.15, 0.2) is 24.3 Å². The van der Waals surface area contributed by atoms with Crippen LogP contribution in [0.2, 0.25) is 0 Å². The molecule has 1 aliphatic carbocycles. The maximum atomic E-state index is 12.0. The summed E-state index contributed by atoms with van der Waals surface area (Å²) in [5.74, 6) is -1.43. The van der Waals surface area contributed by atoms with E-state index in [4.69, 9.17) is 10.8 Å². The first-order valence-corrected chi connectivity index (χ1v) is 8.06. The van der Waals surface area contributed by atoms with Crippen LogP contribution >= 0.6 is 0 Å². The fourth-order valence-corrected chi connectivity index (χ4v) is 3.79. The van der Waals surface area contributed by atoms with Crippen molar-refractivity contribution >= 4 is 16.0 Å². The molecule has 0 amide bonds. The zero-order valence-electron chi connectivity index (χ0n) is 11.0. The number of aliphatic carboxylic acids is 1. The Hall–Kier alpha value is -1.44. The first kappa shape index (κ1) is 15.0. The molecule has 0 unspecified atom stereocenters. The molecule has 1 fully saturated rings.